The highest BCUT2D eigenvalue weighted by Crippen LogP contribution is 2.26. The topological polar surface area (TPSA) is 65.5 Å². The van der Waals surface area contributed by atoms with Gasteiger partial charge in [0.15, 0.2) is 10.9 Å². The molecule has 0 aliphatic rings. The summed E-state index contributed by atoms with van der Waals surface area (Å²) in [5.41, 5.74) is 0.0425. The molecular formula is C10H10ClNO4. The summed E-state index contributed by atoms with van der Waals surface area (Å²) in [5, 5.41) is 0.0256. The first-order valence-electron chi connectivity index (χ1n) is 4.51. The number of ether oxygens (including phenoxy) is 2. The van der Waals surface area contributed by atoms with Crippen LogP contribution in [0.15, 0.2) is 12.3 Å². The van der Waals surface area contributed by atoms with Gasteiger partial charge >= 0.3 is 5.97 Å². The Bertz CT molecular complexity index is 419. The van der Waals surface area contributed by atoms with Crippen LogP contribution in [-0.2, 0) is 9.53 Å². The Hall–Kier alpha value is -1.62. The van der Waals surface area contributed by atoms with Crippen molar-refractivity contribution in [2.24, 2.45) is 0 Å². The quantitative estimate of drug-likeness (QED) is 0.347. The Balaban J connectivity index is 3.08. The second-order valence-corrected chi connectivity index (χ2v) is 3.09. The summed E-state index contributed by atoms with van der Waals surface area (Å²) in [6.07, 6.45) is 1.32. The Morgan fingerprint density at radius 3 is 2.75 bits per heavy atom. The van der Waals surface area contributed by atoms with Crippen molar-refractivity contribution in [3.8, 4) is 5.75 Å². The van der Waals surface area contributed by atoms with Crippen LogP contribution in [0.25, 0.3) is 0 Å². The summed E-state index contributed by atoms with van der Waals surface area (Å²) >= 11 is 5.71. The normalized spacial score (nSPS) is 9.69. The van der Waals surface area contributed by atoms with E-state index < -0.39 is 11.8 Å². The lowest BCUT2D eigenvalue weighted by Crippen LogP contribution is -2.18. The van der Waals surface area contributed by atoms with E-state index in [0.29, 0.717) is 0 Å². The highest BCUT2D eigenvalue weighted by Gasteiger charge is 2.23. The van der Waals surface area contributed by atoms with Crippen LogP contribution in [0, 0.1) is 0 Å². The Labute approximate surface area is 97.3 Å². The molecule has 0 unspecified atom stereocenters. The van der Waals surface area contributed by atoms with E-state index in [1.165, 1.54) is 19.4 Å². The molecule has 86 valence electrons. The van der Waals surface area contributed by atoms with Crippen LogP contribution >= 0.6 is 11.6 Å². The van der Waals surface area contributed by atoms with E-state index in [2.05, 4.69) is 9.72 Å². The van der Waals surface area contributed by atoms with Crippen molar-refractivity contribution in [2.45, 2.75) is 6.92 Å². The molecule has 0 saturated carbocycles. The fourth-order valence-electron chi connectivity index (χ4n) is 1.10. The average Bonchev–Trinajstić information content (AvgIpc) is 2.28. The molecule has 5 nitrogen and oxygen atoms in total. The maximum Gasteiger partial charge on any atom is 0.379 e. The van der Waals surface area contributed by atoms with Crippen LogP contribution in [0.5, 0.6) is 5.75 Å². The number of nitrogens with zero attached hydrogens (tertiary/aromatic N) is 1. The van der Waals surface area contributed by atoms with Crippen molar-refractivity contribution in [2.75, 3.05) is 13.7 Å². The van der Waals surface area contributed by atoms with Crippen LogP contribution in [0.3, 0.4) is 0 Å². The summed E-state index contributed by atoms with van der Waals surface area (Å²) in [5.74, 6) is -1.67. The van der Waals surface area contributed by atoms with E-state index in [1.54, 1.807) is 6.92 Å². The molecule has 0 bridgehead atoms. The number of pyridine rings is 1. The largest absolute Gasteiger partial charge is 0.493 e. The zero-order chi connectivity index (χ0) is 12.1. The lowest BCUT2D eigenvalue weighted by molar-refractivity contribution is -0.137. The van der Waals surface area contributed by atoms with Crippen molar-refractivity contribution >= 4 is 23.4 Å². The highest BCUT2D eigenvalue weighted by molar-refractivity contribution is 6.42. The van der Waals surface area contributed by atoms with Gasteiger partial charge in [-0.2, -0.15) is 0 Å². The number of rotatable bonds is 4. The number of Topliss-reactive ketones (excluding diaryl/α,β-unsaturated/α-hetero) is 1. The van der Waals surface area contributed by atoms with Crippen LogP contribution in [0.4, 0.5) is 0 Å². The third kappa shape index (κ3) is 2.49. The second kappa shape index (κ2) is 5.46. The van der Waals surface area contributed by atoms with Crippen molar-refractivity contribution in [3.05, 3.63) is 23.0 Å². The minimum atomic E-state index is -0.942. The van der Waals surface area contributed by atoms with Gasteiger partial charge in [-0.05, 0) is 13.0 Å². The molecular weight excluding hydrogens is 234 g/mol. The summed E-state index contributed by atoms with van der Waals surface area (Å²) in [6.45, 7) is 1.74. The first-order valence-corrected chi connectivity index (χ1v) is 4.89. The molecule has 1 heterocycles. The van der Waals surface area contributed by atoms with Crippen molar-refractivity contribution < 1.29 is 19.1 Å². The first-order chi connectivity index (χ1) is 7.61. The van der Waals surface area contributed by atoms with Gasteiger partial charge in [0.05, 0.1) is 19.3 Å². The number of aromatic nitrogens is 1. The summed E-state index contributed by atoms with van der Waals surface area (Å²) < 4.78 is 9.49. The van der Waals surface area contributed by atoms with Crippen LogP contribution in [-0.4, -0.2) is 30.5 Å². The number of carbonyl (C=O) groups excluding carboxylic acids is 2. The lowest BCUT2D eigenvalue weighted by Gasteiger charge is -2.07. The summed E-state index contributed by atoms with van der Waals surface area (Å²) in [6, 6.07) is 1.35. The minimum Gasteiger partial charge on any atom is -0.493 e. The van der Waals surface area contributed by atoms with Crippen LogP contribution in [0.2, 0.25) is 5.15 Å². The van der Waals surface area contributed by atoms with Gasteiger partial charge in [0.2, 0.25) is 0 Å². The molecule has 1 aromatic rings. The monoisotopic (exact) mass is 243 g/mol. The summed E-state index contributed by atoms with van der Waals surface area (Å²) in [4.78, 5) is 26.6. The summed E-state index contributed by atoms with van der Waals surface area (Å²) in [7, 11) is 1.34. The van der Waals surface area contributed by atoms with Gasteiger partial charge in [0, 0.05) is 6.20 Å². The highest BCUT2D eigenvalue weighted by atomic mass is 35.5. The second-order valence-electron chi connectivity index (χ2n) is 2.73. The molecule has 0 fully saturated rings. The van der Waals surface area contributed by atoms with Gasteiger partial charge in [-0.15, -0.1) is 0 Å². The van der Waals surface area contributed by atoms with Gasteiger partial charge < -0.3 is 9.47 Å². The van der Waals surface area contributed by atoms with Crippen molar-refractivity contribution in [1.29, 1.82) is 0 Å². The predicted octanol–water partition coefficient (Wildman–Crippen LogP) is 1.49. The van der Waals surface area contributed by atoms with Gasteiger partial charge in [-0.1, -0.05) is 11.6 Å². The van der Waals surface area contributed by atoms with Gasteiger partial charge in [0.1, 0.15) is 0 Å². The Morgan fingerprint density at radius 1 is 1.50 bits per heavy atom. The SMILES string of the molecule is CCOC(=O)C(=O)c1ccnc(Cl)c1OC. The van der Waals surface area contributed by atoms with E-state index in [-0.39, 0.29) is 23.1 Å². The van der Waals surface area contributed by atoms with Gasteiger partial charge in [-0.25, -0.2) is 9.78 Å². The number of ketones is 1. The number of carbonyl (C=O) groups is 2. The molecule has 16 heavy (non-hydrogen) atoms. The molecule has 0 spiro atoms. The zero-order valence-corrected chi connectivity index (χ0v) is 9.58. The van der Waals surface area contributed by atoms with Crippen LogP contribution < -0.4 is 4.74 Å². The standard InChI is InChI=1S/C10H10ClNO4/c1-3-16-10(14)7(13)6-4-5-12-9(11)8(6)15-2/h4-5H,3H2,1-2H3. The fourth-order valence-corrected chi connectivity index (χ4v) is 1.34. The number of hydrogen-bond donors (Lipinski definition) is 0. The molecule has 0 amide bonds. The molecule has 1 rings (SSSR count). The van der Waals surface area contributed by atoms with E-state index in [9.17, 15) is 9.59 Å². The number of halogens is 1. The predicted molar refractivity (Wildman–Crippen MR) is 56.8 cm³/mol. The van der Waals surface area contributed by atoms with E-state index in [0.717, 1.165) is 0 Å². The maximum atomic E-state index is 11.6. The molecule has 1 aromatic heterocycles. The average molecular weight is 244 g/mol. The third-order valence-corrected chi connectivity index (χ3v) is 2.04. The molecule has 0 aliphatic carbocycles. The molecule has 6 heteroatoms. The number of hydrogen-bond acceptors (Lipinski definition) is 5. The number of esters is 1. The molecule has 0 N–H and O–H groups in total. The fraction of sp³-hybridized carbons (Fsp3) is 0.300. The molecule has 0 aromatic carbocycles. The van der Waals surface area contributed by atoms with E-state index in [4.69, 9.17) is 16.3 Å². The maximum absolute atomic E-state index is 11.6. The van der Waals surface area contributed by atoms with E-state index in [1.807, 2.05) is 0 Å². The minimum absolute atomic E-state index is 0.0256. The van der Waals surface area contributed by atoms with E-state index >= 15 is 0 Å². The molecule has 0 aliphatic heterocycles. The zero-order valence-electron chi connectivity index (χ0n) is 8.82. The smallest absolute Gasteiger partial charge is 0.379 e. The Morgan fingerprint density at radius 2 is 2.19 bits per heavy atom. The molecule has 0 saturated heterocycles. The first kappa shape index (κ1) is 12.4. The van der Waals surface area contributed by atoms with Gasteiger partial charge in [0.25, 0.3) is 5.78 Å². The number of methoxy groups -OCH3 is 1. The third-order valence-electron chi connectivity index (χ3n) is 1.77. The molecule has 0 radical (unpaired) electrons. The van der Waals surface area contributed by atoms with Crippen molar-refractivity contribution in [3.63, 3.8) is 0 Å². The van der Waals surface area contributed by atoms with Gasteiger partial charge in [-0.3, -0.25) is 4.79 Å². The molecule has 0 atom stereocenters. The van der Waals surface area contributed by atoms with Crippen LogP contribution in [0.1, 0.15) is 17.3 Å². The van der Waals surface area contributed by atoms with Crippen molar-refractivity contribution in [1.82, 2.24) is 4.98 Å². The lowest BCUT2D eigenvalue weighted by atomic mass is 10.1. The Kier molecular flexibility index (Phi) is 4.25.